The molecule has 32 heavy (non-hydrogen) atoms. The molecule has 0 aliphatic carbocycles. The molecule has 1 fully saturated rings. The van der Waals surface area contributed by atoms with E-state index in [0.717, 1.165) is 13.1 Å². The number of non-ortho nitro benzene ring substituents is 1. The lowest BCUT2D eigenvalue weighted by atomic mass is 9.90. The topological polar surface area (TPSA) is 83.8 Å². The molecule has 1 saturated heterocycles. The van der Waals surface area contributed by atoms with Crippen LogP contribution >= 0.6 is 0 Å². The Bertz CT molecular complexity index is 1210. The molecule has 7 heteroatoms. The van der Waals surface area contributed by atoms with Crippen LogP contribution in [-0.4, -0.2) is 45.7 Å². The van der Waals surface area contributed by atoms with Crippen molar-refractivity contribution >= 4 is 28.3 Å². The molecule has 2 heterocycles. The third-order valence-electron chi connectivity index (χ3n) is 6.81. The number of hydrogen-bond acceptors (Lipinski definition) is 5. The summed E-state index contributed by atoms with van der Waals surface area (Å²) in [5.74, 6) is -0.716. The third kappa shape index (κ3) is 3.17. The molecule has 2 amide bonds. The van der Waals surface area contributed by atoms with Crippen molar-refractivity contribution in [1.82, 2.24) is 9.80 Å². The van der Waals surface area contributed by atoms with Crippen molar-refractivity contribution in [2.45, 2.75) is 31.8 Å². The highest BCUT2D eigenvalue weighted by Crippen LogP contribution is 2.37. The Morgan fingerprint density at radius 3 is 2.22 bits per heavy atom. The van der Waals surface area contributed by atoms with Crippen molar-refractivity contribution in [3.05, 3.63) is 87.5 Å². The molecule has 0 aromatic heterocycles. The van der Waals surface area contributed by atoms with E-state index in [1.165, 1.54) is 22.6 Å². The Balaban J connectivity index is 1.41. The number of nitro groups is 1. The molecule has 3 aromatic carbocycles. The summed E-state index contributed by atoms with van der Waals surface area (Å²) in [6.45, 7) is 3.75. The Kier molecular flexibility index (Phi) is 4.98. The molecule has 7 nitrogen and oxygen atoms in total. The van der Waals surface area contributed by atoms with E-state index in [0.29, 0.717) is 34.7 Å². The Labute approximate surface area is 185 Å². The van der Waals surface area contributed by atoms with Crippen molar-refractivity contribution < 1.29 is 14.5 Å². The maximum Gasteiger partial charge on any atom is 0.277 e. The summed E-state index contributed by atoms with van der Waals surface area (Å²) >= 11 is 0. The molecule has 5 rings (SSSR count). The van der Waals surface area contributed by atoms with E-state index in [-0.39, 0.29) is 29.6 Å². The van der Waals surface area contributed by atoms with Crippen LogP contribution in [0.15, 0.2) is 60.7 Å². The highest BCUT2D eigenvalue weighted by molar-refractivity contribution is 6.26. The minimum atomic E-state index is -0.478. The van der Waals surface area contributed by atoms with Gasteiger partial charge in [-0.05, 0) is 43.5 Å². The fourth-order valence-corrected chi connectivity index (χ4v) is 5.06. The van der Waals surface area contributed by atoms with Gasteiger partial charge in [-0.2, -0.15) is 0 Å². The van der Waals surface area contributed by atoms with Gasteiger partial charge in [0.2, 0.25) is 0 Å². The number of nitro benzene ring substituents is 1. The van der Waals surface area contributed by atoms with Crippen molar-refractivity contribution in [2.24, 2.45) is 0 Å². The number of nitrogens with zero attached hydrogens (tertiary/aromatic N) is 3. The first-order valence-electron chi connectivity index (χ1n) is 10.8. The van der Waals surface area contributed by atoms with E-state index in [1.807, 2.05) is 18.2 Å². The first kappa shape index (κ1) is 20.3. The van der Waals surface area contributed by atoms with E-state index in [4.69, 9.17) is 0 Å². The number of piperidine rings is 1. The second-order valence-electron chi connectivity index (χ2n) is 8.45. The van der Waals surface area contributed by atoms with Crippen LogP contribution in [0.4, 0.5) is 5.69 Å². The first-order chi connectivity index (χ1) is 15.5. The molecule has 2 aliphatic rings. The van der Waals surface area contributed by atoms with E-state index < -0.39 is 4.92 Å². The van der Waals surface area contributed by atoms with Crippen molar-refractivity contribution in [2.75, 3.05) is 13.1 Å². The predicted octanol–water partition coefficient (Wildman–Crippen LogP) is 4.57. The van der Waals surface area contributed by atoms with Gasteiger partial charge in [0.15, 0.2) is 0 Å². The fourth-order valence-electron chi connectivity index (χ4n) is 5.06. The highest BCUT2D eigenvalue weighted by Gasteiger charge is 2.40. The molecule has 0 saturated carbocycles. The van der Waals surface area contributed by atoms with Gasteiger partial charge in [0, 0.05) is 47.8 Å². The number of carbonyl (C=O) groups excluding carboxylic acids is 2. The van der Waals surface area contributed by atoms with E-state index >= 15 is 0 Å². The molecule has 0 radical (unpaired) electrons. The second kappa shape index (κ2) is 7.84. The van der Waals surface area contributed by atoms with Gasteiger partial charge < -0.3 is 0 Å². The summed E-state index contributed by atoms with van der Waals surface area (Å²) < 4.78 is 0. The highest BCUT2D eigenvalue weighted by atomic mass is 16.6. The van der Waals surface area contributed by atoms with Crippen LogP contribution in [0.25, 0.3) is 10.8 Å². The van der Waals surface area contributed by atoms with Gasteiger partial charge in [-0.15, -0.1) is 0 Å². The molecule has 0 bridgehead atoms. The zero-order valence-electron chi connectivity index (χ0n) is 17.7. The van der Waals surface area contributed by atoms with Gasteiger partial charge >= 0.3 is 0 Å². The Morgan fingerprint density at radius 2 is 1.56 bits per heavy atom. The SMILES string of the molecule is CC(c1ccccc1)N1CCC(N2C(=O)c3cccc4c([N+](=O)[O-])ccc(c34)C2=O)CC1. The summed E-state index contributed by atoms with van der Waals surface area (Å²) in [5, 5.41) is 12.2. The maximum atomic E-state index is 13.4. The van der Waals surface area contributed by atoms with Gasteiger partial charge in [-0.3, -0.25) is 29.5 Å². The molecule has 0 spiro atoms. The van der Waals surface area contributed by atoms with Crippen molar-refractivity contribution in [3.63, 3.8) is 0 Å². The maximum absolute atomic E-state index is 13.4. The summed E-state index contributed by atoms with van der Waals surface area (Å²) in [4.78, 5) is 41.4. The Morgan fingerprint density at radius 1 is 0.906 bits per heavy atom. The molecule has 162 valence electrons. The number of benzene rings is 3. The summed E-state index contributed by atoms with van der Waals surface area (Å²) in [6.07, 6.45) is 1.40. The molecular weight excluding hydrogens is 406 g/mol. The van der Waals surface area contributed by atoms with Crippen LogP contribution in [0.3, 0.4) is 0 Å². The molecule has 0 N–H and O–H groups in total. The van der Waals surface area contributed by atoms with Crippen molar-refractivity contribution in [1.29, 1.82) is 0 Å². The van der Waals surface area contributed by atoms with Gasteiger partial charge in [-0.1, -0.05) is 36.4 Å². The van der Waals surface area contributed by atoms with Crippen molar-refractivity contribution in [3.8, 4) is 0 Å². The van der Waals surface area contributed by atoms with Crippen LogP contribution in [0.1, 0.15) is 52.1 Å². The lowest BCUT2D eigenvalue weighted by molar-refractivity contribution is -0.383. The average Bonchev–Trinajstić information content (AvgIpc) is 2.82. The number of hydrogen-bond donors (Lipinski definition) is 0. The summed E-state index contributed by atoms with van der Waals surface area (Å²) in [6, 6.07) is 18.1. The minimum absolute atomic E-state index is 0.0946. The van der Waals surface area contributed by atoms with E-state index in [1.54, 1.807) is 18.2 Å². The number of imide groups is 1. The van der Waals surface area contributed by atoms with Crippen LogP contribution in [0.5, 0.6) is 0 Å². The van der Waals surface area contributed by atoms with Crippen LogP contribution in [0.2, 0.25) is 0 Å². The third-order valence-corrected chi connectivity index (χ3v) is 6.81. The zero-order valence-corrected chi connectivity index (χ0v) is 17.7. The second-order valence-corrected chi connectivity index (χ2v) is 8.45. The number of amides is 2. The normalized spacial score (nSPS) is 18.2. The smallest absolute Gasteiger partial charge is 0.277 e. The van der Waals surface area contributed by atoms with Crippen LogP contribution in [-0.2, 0) is 0 Å². The van der Waals surface area contributed by atoms with Crippen LogP contribution < -0.4 is 0 Å². The molecular formula is C25H23N3O4. The first-order valence-corrected chi connectivity index (χ1v) is 10.8. The number of likely N-dealkylation sites (tertiary alicyclic amines) is 1. The molecule has 3 aromatic rings. The lowest BCUT2D eigenvalue weighted by Gasteiger charge is -2.41. The average molecular weight is 429 g/mol. The standard InChI is InChI=1S/C25H23N3O4/c1-16(17-6-3-2-4-7-17)26-14-12-18(13-15-26)27-24(29)20-9-5-8-19-22(28(31)32)11-10-21(23(19)20)25(27)30/h2-11,16,18H,12-15H2,1H3. The monoisotopic (exact) mass is 429 g/mol. The summed E-state index contributed by atoms with van der Waals surface area (Å²) in [7, 11) is 0. The van der Waals surface area contributed by atoms with E-state index in [2.05, 4.69) is 24.0 Å². The largest absolute Gasteiger partial charge is 0.296 e. The Hall–Kier alpha value is -3.58. The van der Waals surface area contributed by atoms with Gasteiger partial charge in [0.1, 0.15) is 0 Å². The fraction of sp³-hybridized carbons (Fsp3) is 0.280. The van der Waals surface area contributed by atoms with Crippen LogP contribution in [0, 0.1) is 10.1 Å². The molecule has 2 aliphatic heterocycles. The zero-order chi connectivity index (χ0) is 22.4. The van der Waals surface area contributed by atoms with E-state index in [9.17, 15) is 19.7 Å². The molecule has 1 atom stereocenters. The molecule has 1 unspecified atom stereocenters. The summed E-state index contributed by atoms with van der Waals surface area (Å²) in [5.41, 5.74) is 1.88. The van der Waals surface area contributed by atoms with Gasteiger partial charge in [0.25, 0.3) is 17.5 Å². The quantitative estimate of drug-likeness (QED) is 0.345. The van der Waals surface area contributed by atoms with Gasteiger partial charge in [-0.25, -0.2) is 0 Å². The van der Waals surface area contributed by atoms with Gasteiger partial charge in [0.05, 0.1) is 10.3 Å². The minimum Gasteiger partial charge on any atom is -0.296 e. The number of carbonyl (C=O) groups is 2. The number of rotatable bonds is 4. The predicted molar refractivity (Wildman–Crippen MR) is 121 cm³/mol. The lowest BCUT2D eigenvalue weighted by Crippen LogP contribution is -2.51.